The average Bonchev–Trinajstić information content (AvgIpc) is 2.78. The van der Waals surface area contributed by atoms with Gasteiger partial charge in [0.25, 0.3) is 0 Å². The van der Waals surface area contributed by atoms with E-state index >= 15 is 0 Å². The van der Waals surface area contributed by atoms with Crippen LogP contribution in [0, 0.1) is 11.3 Å². The first-order chi connectivity index (χ1) is 15.5. The summed E-state index contributed by atoms with van der Waals surface area (Å²) in [5, 5.41) is 9.83. The maximum absolute atomic E-state index is 12.9. The summed E-state index contributed by atoms with van der Waals surface area (Å²) in [6.07, 6.45) is -4.11. The van der Waals surface area contributed by atoms with Gasteiger partial charge in [0.2, 0.25) is 10.0 Å². The summed E-state index contributed by atoms with van der Waals surface area (Å²) < 4.78 is 66.8. The van der Waals surface area contributed by atoms with E-state index < -0.39 is 27.8 Å². The molecule has 1 N–H and O–H groups in total. The van der Waals surface area contributed by atoms with E-state index in [0.29, 0.717) is 17.0 Å². The Morgan fingerprint density at radius 3 is 2.24 bits per heavy atom. The summed E-state index contributed by atoms with van der Waals surface area (Å²) in [6, 6.07) is 18.8. The van der Waals surface area contributed by atoms with Crippen LogP contribution in [0.2, 0.25) is 5.02 Å². The molecule has 0 aromatic heterocycles. The van der Waals surface area contributed by atoms with E-state index in [2.05, 4.69) is 10.8 Å². The fourth-order valence-electron chi connectivity index (χ4n) is 3.51. The van der Waals surface area contributed by atoms with Gasteiger partial charge in [-0.25, -0.2) is 13.1 Å². The van der Waals surface area contributed by atoms with Crippen LogP contribution in [-0.2, 0) is 22.6 Å². The molecule has 0 heterocycles. The van der Waals surface area contributed by atoms with Crippen molar-refractivity contribution < 1.29 is 21.6 Å². The second-order valence-electron chi connectivity index (χ2n) is 7.61. The molecule has 3 aromatic rings. The van der Waals surface area contributed by atoms with Gasteiger partial charge < -0.3 is 0 Å². The molecule has 0 bridgehead atoms. The highest BCUT2D eigenvalue weighted by Gasteiger charge is 2.31. The van der Waals surface area contributed by atoms with Crippen molar-refractivity contribution in [2.24, 2.45) is 0 Å². The van der Waals surface area contributed by atoms with Crippen LogP contribution in [0.15, 0.2) is 77.7 Å². The Balaban J connectivity index is 1.90. The Morgan fingerprint density at radius 2 is 1.67 bits per heavy atom. The predicted molar refractivity (Wildman–Crippen MR) is 120 cm³/mol. The minimum Gasteiger partial charge on any atom is -0.208 e. The molecule has 3 rings (SSSR count). The summed E-state index contributed by atoms with van der Waals surface area (Å²) >= 11 is 5.96. The first-order valence-electron chi connectivity index (χ1n) is 9.94. The number of nitriles is 1. The van der Waals surface area contributed by atoms with Gasteiger partial charge in [-0.3, -0.25) is 0 Å². The first-order valence-corrected chi connectivity index (χ1v) is 11.8. The molecule has 2 unspecified atom stereocenters. The lowest BCUT2D eigenvalue weighted by atomic mass is 9.86. The highest BCUT2D eigenvalue weighted by Crippen LogP contribution is 2.30. The van der Waals surface area contributed by atoms with Gasteiger partial charge in [-0.15, -0.1) is 0 Å². The number of alkyl halides is 3. The van der Waals surface area contributed by atoms with Crippen LogP contribution >= 0.6 is 11.6 Å². The number of hydrogen-bond donors (Lipinski definition) is 1. The van der Waals surface area contributed by atoms with Gasteiger partial charge in [-0.1, -0.05) is 35.9 Å². The van der Waals surface area contributed by atoms with Gasteiger partial charge >= 0.3 is 6.18 Å². The van der Waals surface area contributed by atoms with Crippen LogP contribution in [0.1, 0.15) is 35.1 Å². The molecule has 0 aliphatic rings. The molecular weight excluding hydrogens is 473 g/mol. The van der Waals surface area contributed by atoms with E-state index in [1.165, 1.54) is 0 Å². The van der Waals surface area contributed by atoms with Gasteiger partial charge in [0.1, 0.15) is 0 Å². The van der Waals surface area contributed by atoms with Crippen molar-refractivity contribution in [3.8, 4) is 6.07 Å². The van der Waals surface area contributed by atoms with E-state index in [9.17, 15) is 26.9 Å². The van der Waals surface area contributed by atoms with Gasteiger partial charge in [0, 0.05) is 17.0 Å². The molecule has 0 aliphatic carbocycles. The Morgan fingerprint density at radius 1 is 1.03 bits per heavy atom. The van der Waals surface area contributed by atoms with Crippen molar-refractivity contribution in [3.63, 3.8) is 0 Å². The second-order valence-corrected chi connectivity index (χ2v) is 9.76. The molecule has 4 nitrogen and oxygen atoms in total. The SMILES string of the molecule is CC(NS(=O)(=O)c1ccc(C(F)(F)F)cc1)C(Cc1ccc(Cl)cc1)c1cccc(C#N)c1. The Kier molecular flexibility index (Phi) is 7.48. The van der Waals surface area contributed by atoms with Crippen molar-refractivity contribution in [1.82, 2.24) is 4.72 Å². The normalized spacial score (nSPS) is 13.8. The van der Waals surface area contributed by atoms with Crippen LogP contribution in [0.4, 0.5) is 13.2 Å². The number of hydrogen-bond acceptors (Lipinski definition) is 3. The van der Waals surface area contributed by atoms with Crippen LogP contribution in [0.3, 0.4) is 0 Å². The van der Waals surface area contributed by atoms with Crippen molar-refractivity contribution in [2.45, 2.75) is 36.4 Å². The van der Waals surface area contributed by atoms with E-state index in [4.69, 9.17) is 11.6 Å². The largest absolute Gasteiger partial charge is 0.416 e. The van der Waals surface area contributed by atoms with Crippen molar-refractivity contribution in [3.05, 3.63) is 100 Å². The molecule has 0 aliphatic heterocycles. The second kappa shape index (κ2) is 9.96. The number of benzene rings is 3. The Bertz CT molecular complexity index is 1250. The van der Waals surface area contributed by atoms with E-state index in [1.54, 1.807) is 37.3 Å². The minimum absolute atomic E-state index is 0.265. The topological polar surface area (TPSA) is 70.0 Å². The summed E-state index contributed by atoms with van der Waals surface area (Å²) in [4.78, 5) is -0.265. The fourth-order valence-corrected chi connectivity index (χ4v) is 4.92. The Labute approximate surface area is 195 Å². The van der Waals surface area contributed by atoms with Crippen molar-refractivity contribution >= 4 is 21.6 Å². The van der Waals surface area contributed by atoms with Crippen molar-refractivity contribution in [2.75, 3.05) is 0 Å². The minimum atomic E-state index is -4.56. The molecule has 2 atom stereocenters. The number of halogens is 4. The van der Waals surface area contributed by atoms with Crippen LogP contribution < -0.4 is 4.72 Å². The molecule has 172 valence electrons. The van der Waals surface area contributed by atoms with Crippen LogP contribution in [0.5, 0.6) is 0 Å². The van der Waals surface area contributed by atoms with Gasteiger partial charge in [0.05, 0.1) is 22.1 Å². The zero-order chi connectivity index (χ0) is 24.2. The maximum atomic E-state index is 12.9. The summed E-state index contributed by atoms with van der Waals surface area (Å²) in [6.45, 7) is 1.68. The molecule has 33 heavy (non-hydrogen) atoms. The molecule has 0 spiro atoms. The fraction of sp³-hybridized carbons (Fsp3) is 0.208. The number of sulfonamides is 1. The highest BCUT2D eigenvalue weighted by atomic mass is 35.5. The molecule has 0 radical (unpaired) electrons. The molecule has 9 heteroatoms. The average molecular weight is 493 g/mol. The molecule has 0 fully saturated rings. The van der Waals surface area contributed by atoms with Crippen LogP contribution in [-0.4, -0.2) is 14.5 Å². The number of nitrogens with one attached hydrogen (secondary N) is 1. The number of rotatable bonds is 7. The van der Waals surface area contributed by atoms with Crippen LogP contribution in [0.25, 0.3) is 0 Å². The smallest absolute Gasteiger partial charge is 0.208 e. The van der Waals surface area contributed by atoms with E-state index in [0.717, 1.165) is 35.4 Å². The van der Waals surface area contributed by atoms with Gasteiger partial charge in [0.15, 0.2) is 0 Å². The predicted octanol–water partition coefficient (Wildman–Crippen LogP) is 5.92. The number of nitrogens with zero attached hydrogens (tertiary/aromatic N) is 1. The zero-order valence-corrected chi connectivity index (χ0v) is 19.0. The zero-order valence-electron chi connectivity index (χ0n) is 17.5. The molecule has 3 aromatic carbocycles. The lowest BCUT2D eigenvalue weighted by Crippen LogP contribution is -2.38. The quantitative estimate of drug-likeness (QED) is 0.445. The van der Waals surface area contributed by atoms with Gasteiger partial charge in [-0.05, 0) is 73.0 Å². The third kappa shape index (κ3) is 6.35. The Hall–Kier alpha value is -2.86. The van der Waals surface area contributed by atoms with E-state index in [-0.39, 0.29) is 10.8 Å². The standard InChI is InChI=1S/C24H20ClF3N2O2S/c1-16(30-33(31,32)22-11-7-20(8-12-22)24(26,27)28)23(14-17-5-9-21(25)10-6-17)19-4-2-3-18(13-19)15-29/h2-13,16,23,30H,14H2,1H3. The van der Waals surface area contributed by atoms with Gasteiger partial charge in [-0.2, -0.15) is 18.4 Å². The lowest BCUT2D eigenvalue weighted by molar-refractivity contribution is -0.137. The highest BCUT2D eigenvalue weighted by molar-refractivity contribution is 7.89. The lowest BCUT2D eigenvalue weighted by Gasteiger charge is -2.26. The molecular formula is C24H20ClF3N2O2S. The summed E-state index contributed by atoms with van der Waals surface area (Å²) in [7, 11) is -4.09. The first kappa shape index (κ1) is 24.8. The third-order valence-electron chi connectivity index (χ3n) is 5.25. The molecule has 0 amide bonds. The summed E-state index contributed by atoms with van der Waals surface area (Å²) in [5.41, 5.74) is 1.17. The molecule has 0 saturated carbocycles. The van der Waals surface area contributed by atoms with E-state index in [1.807, 2.05) is 18.2 Å². The monoisotopic (exact) mass is 492 g/mol. The molecule has 0 saturated heterocycles. The maximum Gasteiger partial charge on any atom is 0.416 e. The third-order valence-corrected chi connectivity index (χ3v) is 7.08. The van der Waals surface area contributed by atoms with Crippen molar-refractivity contribution in [1.29, 1.82) is 5.26 Å². The summed E-state index contributed by atoms with van der Waals surface area (Å²) in [5.74, 6) is -0.358.